The van der Waals surface area contributed by atoms with Crippen LogP contribution in [0.1, 0.15) is 30.9 Å². The second-order valence-corrected chi connectivity index (χ2v) is 6.82. The van der Waals surface area contributed by atoms with Crippen molar-refractivity contribution in [2.45, 2.75) is 33.2 Å². The fourth-order valence-corrected chi connectivity index (χ4v) is 3.48. The van der Waals surface area contributed by atoms with Gasteiger partial charge in [0.05, 0.1) is 18.4 Å². The first kappa shape index (κ1) is 15.7. The van der Waals surface area contributed by atoms with Crippen molar-refractivity contribution in [2.75, 3.05) is 6.61 Å². The smallest absolute Gasteiger partial charge is 0.271 e. The molecule has 0 amide bonds. The van der Waals surface area contributed by atoms with Gasteiger partial charge in [-0.2, -0.15) is 0 Å². The first-order chi connectivity index (χ1) is 11.1. The standard InChI is InChI=1S/C18H20N2O2S/c1-12(2)15-5-4-14(10-13(15)3)22-8-7-20-11-19-16-6-9-23-17(16)18(20)21/h4-6,9-12H,7-8H2,1-3H3. The maximum Gasteiger partial charge on any atom is 0.271 e. The molecular formula is C18H20N2O2S. The molecule has 2 aromatic heterocycles. The fourth-order valence-electron chi connectivity index (χ4n) is 2.69. The molecule has 0 fully saturated rings. The molecule has 0 unspecified atom stereocenters. The van der Waals surface area contributed by atoms with E-state index in [4.69, 9.17) is 4.74 Å². The van der Waals surface area contributed by atoms with E-state index in [1.165, 1.54) is 22.5 Å². The van der Waals surface area contributed by atoms with Crippen LogP contribution < -0.4 is 10.3 Å². The molecule has 0 radical (unpaired) electrons. The maximum absolute atomic E-state index is 12.3. The molecule has 0 spiro atoms. The zero-order valence-electron chi connectivity index (χ0n) is 13.6. The number of thiophene rings is 1. The van der Waals surface area contributed by atoms with Crippen LogP contribution in [0.15, 0.2) is 40.8 Å². The van der Waals surface area contributed by atoms with E-state index in [1.807, 2.05) is 17.5 Å². The van der Waals surface area contributed by atoms with Gasteiger partial charge in [-0.3, -0.25) is 9.36 Å². The van der Waals surface area contributed by atoms with Crippen LogP contribution in [0.5, 0.6) is 5.75 Å². The summed E-state index contributed by atoms with van der Waals surface area (Å²) >= 11 is 1.43. The Morgan fingerprint density at radius 3 is 2.87 bits per heavy atom. The Morgan fingerprint density at radius 1 is 1.30 bits per heavy atom. The van der Waals surface area contributed by atoms with Crippen molar-refractivity contribution in [3.63, 3.8) is 0 Å². The third-order valence-corrected chi connectivity index (χ3v) is 4.79. The number of aryl methyl sites for hydroxylation is 1. The summed E-state index contributed by atoms with van der Waals surface area (Å²) in [7, 11) is 0. The van der Waals surface area contributed by atoms with Crippen molar-refractivity contribution in [1.82, 2.24) is 9.55 Å². The number of rotatable bonds is 5. The summed E-state index contributed by atoms with van der Waals surface area (Å²) in [5, 5.41) is 1.89. The second kappa shape index (κ2) is 6.54. The van der Waals surface area contributed by atoms with Gasteiger partial charge in [0.15, 0.2) is 0 Å². The molecule has 0 bridgehead atoms. The van der Waals surface area contributed by atoms with E-state index >= 15 is 0 Å². The van der Waals surface area contributed by atoms with Gasteiger partial charge < -0.3 is 4.74 Å². The minimum atomic E-state index is -0.0000590. The number of hydrogen-bond donors (Lipinski definition) is 0. The first-order valence-electron chi connectivity index (χ1n) is 7.72. The molecule has 0 N–H and O–H groups in total. The molecule has 0 saturated carbocycles. The molecular weight excluding hydrogens is 308 g/mol. The zero-order valence-corrected chi connectivity index (χ0v) is 14.4. The van der Waals surface area contributed by atoms with Gasteiger partial charge in [0.2, 0.25) is 0 Å². The van der Waals surface area contributed by atoms with Gasteiger partial charge in [-0.25, -0.2) is 4.98 Å². The van der Waals surface area contributed by atoms with Gasteiger partial charge in [0.25, 0.3) is 5.56 Å². The predicted molar refractivity (Wildman–Crippen MR) is 94.6 cm³/mol. The van der Waals surface area contributed by atoms with E-state index < -0.39 is 0 Å². The van der Waals surface area contributed by atoms with Crippen molar-refractivity contribution in [3.05, 3.63) is 57.5 Å². The van der Waals surface area contributed by atoms with Gasteiger partial charge in [-0.1, -0.05) is 19.9 Å². The Balaban J connectivity index is 1.68. The van der Waals surface area contributed by atoms with E-state index in [9.17, 15) is 4.79 Å². The van der Waals surface area contributed by atoms with Gasteiger partial charge >= 0.3 is 0 Å². The Hall–Kier alpha value is -2.14. The molecule has 3 rings (SSSR count). The predicted octanol–water partition coefficient (Wildman–Crippen LogP) is 3.97. The van der Waals surface area contributed by atoms with Crippen LogP contribution in [-0.4, -0.2) is 16.2 Å². The molecule has 5 heteroatoms. The van der Waals surface area contributed by atoms with Gasteiger partial charge in [0.1, 0.15) is 17.1 Å². The summed E-state index contributed by atoms with van der Waals surface area (Å²) in [6, 6.07) is 8.02. The van der Waals surface area contributed by atoms with E-state index in [2.05, 4.69) is 37.9 Å². The average molecular weight is 328 g/mol. The normalized spacial score (nSPS) is 11.3. The van der Waals surface area contributed by atoms with Crippen molar-refractivity contribution in [3.8, 4) is 5.75 Å². The monoisotopic (exact) mass is 328 g/mol. The molecule has 23 heavy (non-hydrogen) atoms. The lowest BCUT2D eigenvalue weighted by Crippen LogP contribution is -2.22. The van der Waals surface area contributed by atoms with Crippen LogP contribution >= 0.6 is 11.3 Å². The minimum Gasteiger partial charge on any atom is -0.492 e. The number of hydrogen-bond acceptors (Lipinski definition) is 4. The molecule has 2 heterocycles. The lowest BCUT2D eigenvalue weighted by atomic mass is 9.98. The number of nitrogens with zero attached hydrogens (tertiary/aromatic N) is 2. The topological polar surface area (TPSA) is 44.1 Å². The third-order valence-electron chi connectivity index (χ3n) is 3.90. The Labute approximate surface area is 139 Å². The molecule has 4 nitrogen and oxygen atoms in total. The fraction of sp³-hybridized carbons (Fsp3) is 0.333. The van der Waals surface area contributed by atoms with Crippen LogP contribution in [-0.2, 0) is 6.54 Å². The highest BCUT2D eigenvalue weighted by Crippen LogP contribution is 2.23. The maximum atomic E-state index is 12.3. The lowest BCUT2D eigenvalue weighted by Gasteiger charge is -2.13. The Bertz CT molecular complexity index is 880. The summed E-state index contributed by atoms with van der Waals surface area (Å²) < 4.78 is 8.09. The highest BCUT2D eigenvalue weighted by molar-refractivity contribution is 7.17. The van der Waals surface area contributed by atoms with Crippen LogP contribution in [0.2, 0.25) is 0 Å². The summed E-state index contributed by atoms with van der Waals surface area (Å²) in [4.78, 5) is 16.6. The highest BCUT2D eigenvalue weighted by atomic mass is 32.1. The SMILES string of the molecule is Cc1cc(OCCn2cnc3ccsc3c2=O)ccc1C(C)C. The summed E-state index contributed by atoms with van der Waals surface area (Å²) in [6.45, 7) is 7.40. The van der Waals surface area contributed by atoms with Crippen LogP contribution in [0, 0.1) is 6.92 Å². The number of ether oxygens (including phenoxy) is 1. The number of aromatic nitrogens is 2. The highest BCUT2D eigenvalue weighted by Gasteiger charge is 2.07. The van der Waals surface area contributed by atoms with Crippen LogP contribution in [0.4, 0.5) is 0 Å². The molecule has 0 aliphatic rings. The average Bonchev–Trinajstić information content (AvgIpc) is 2.98. The van der Waals surface area contributed by atoms with Crippen LogP contribution in [0.3, 0.4) is 0 Å². The van der Waals surface area contributed by atoms with Crippen molar-refractivity contribution in [1.29, 1.82) is 0 Å². The van der Waals surface area contributed by atoms with Crippen molar-refractivity contribution in [2.24, 2.45) is 0 Å². The molecule has 1 aromatic carbocycles. The second-order valence-electron chi connectivity index (χ2n) is 5.90. The van der Waals surface area contributed by atoms with Gasteiger partial charge in [0, 0.05) is 0 Å². The van der Waals surface area contributed by atoms with E-state index in [-0.39, 0.29) is 5.56 Å². The van der Waals surface area contributed by atoms with Crippen molar-refractivity contribution >= 4 is 21.6 Å². The van der Waals surface area contributed by atoms with Gasteiger partial charge in [-0.05, 0) is 47.5 Å². The molecule has 120 valence electrons. The first-order valence-corrected chi connectivity index (χ1v) is 8.60. The summed E-state index contributed by atoms with van der Waals surface area (Å²) in [6.07, 6.45) is 1.59. The zero-order chi connectivity index (χ0) is 16.4. The summed E-state index contributed by atoms with van der Waals surface area (Å²) in [5.41, 5.74) is 3.33. The number of fused-ring (bicyclic) bond motifs is 1. The molecule has 3 aromatic rings. The minimum absolute atomic E-state index is 0.0000590. The molecule has 0 aliphatic heterocycles. The Kier molecular flexibility index (Phi) is 4.48. The van der Waals surface area contributed by atoms with E-state index in [1.54, 1.807) is 10.9 Å². The number of benzene rings is 1. The van der Waals surface area contributed by atoms with Crippen LogP contribution in [0.25, 0.3) is 10.2 Å². The largest absolute Gasteiger partial charge is 0.492 e. The van der Waals surface area contributed by atoms with E-state index in [0.717, 1.165) is 11.3 Å². The third kappa shape index (κ3) is 3.29. The molecule has 0 atom stereocenters. The van der Waals surface area contributed by atoms with Gasteiger partial charge in [-0.15, -0.1) is 11.3 Å². The summed E-state index contributed by atoms with van der Waals surface area (Å²) in [5.74, 6) is 1.34. The quantitative estimate of drug-likeness (QED) is 0.712. The lowest BCUT2D eigenvalue weighted by molar-refractivity contribution is 0.296. The Morgan fingerprint density at radius 2 is 2.13 bits per heavy atom. The van der Waals surface area contributed by atoms with Crippen molar-refractivity contribution < 1.29 is 4.74 Å². The molecule has 0 saturated heterocycles. The van der Waals surface area contributed by atoms with E-state index in [0.29, 0.717) is 23.8 Å². The molecule has 0 aliphatic carbocycles.